The number of hydrogen-bond donors (Lipinski definition) is 2. The van der Waals surface area contributed by atoms with E-state index in [1.54, 1.807) is 20.4 Å². The van der Waals surface area contributed by atoms with Crippen molar-refractivity contribution >= 4 is 55.4 Å². The van der Waals surface area contributed by atoms with E-state index in [4.69, 9.17) is 17.0 Å². The predicted octanol–water partition coefficient (Wildman–Crippen LogP) is 2.65. The SMILES string of the molecule is CNC(=S)N/N=C/c1cc(Br)cc(Br)c1OC. The summed E-state index contributed by atoms with van der Waals surface area (Å²) in [5.74, 6) is 0.717. The lowest BCUT2D eigenvalue weighted by molar-refractivity contribution is 0.411. The first-order valence-corrected chi connectivity index (χ1v) is 6.61. The molecule has 92 valence electrons. The molecule has 0 aromatic heterocycles. The Labute approximate surface area is 122 Å². The highest BCUT2D eigenvalue weighted by Crippen LogP contribution is 2.31. The number of nitrogens with zero attached hydrogens (tertiary/aromatic N) is 1. The molecule has 1 rings (SSSR count). The third-order valence-electron chi connectivity index (χ3n) is 1.84. The van der Waals surface area contributed by atoms with E-state index in [2.05, 4.69) is 47.7 Å². The zero-order valence-electron chi connectivity index (χ0n) is 9.25. The monoisotopic (exact) mass is 379 g/mol. The molecule has 1 aromatic carbocycles. The molecule has 17 heavy (non-hydrogen) atoms. The summed E-state index contributed by atoms with van der Waals surface area (Å²) < 4.78 is 7.07. The second-order valence-electron chi connectivity index (χ2n) is 2.96. The molecule has 2 N–H and O–H groups in total. The minimum absolute atomic E-state index is 0.453. The molecule has 0 atom stereocenters. The van der Waals surface area contributed by atoms with E-state index in [1.165, 1.54) is 0 Å². The fraction of sp³-hybridized carbons (Fsp3) is 0.200. The van der Waals surface area contributed by atoms with E-state index < -0.39 is 0 Å². The largest absolute Gasteiger partial charge is 0.495 e. The van der Waals surface area contributed by atoms with Crippen LogP contribution in [0.1, 0.15) is 5.56 Å². The van der Waals surface area contributed by atoms with Crippen molar-refractivity contribution in [3.8, 4) is 5.75 Å². The third kappa shape index (κ3) is 4.25. The highest BCUT2D eigenvalue weighted by molar-refractivity contribution is 9.11. The second kappa shape index (κ2) is 6.93. The Morgan fingerprint density at radius 2 is 2.18 bits per heavy atom. The first-order valence-electron chi connectivity index (χ1n) is 4.62. The molecule has 0 aliphatic heterocycles. The fourth-order valence-electron chi connectivity index (χ4n) is 1.11. The third-order valence-corrected chi connectivity index (χ3v) is 3.18. The summed E-state index contributed by atoms with van der Waals surface area (Å²) in [4.78, 5) is 0. The number of hydrazone groups is 1. The standard InChI is InChI=1S/C10H11Br2N3OS/c1-13-10(17)15-14-5-6-3-7(11)4-8(12)9(6)16-2/h3-5H,1-2H3,(H2,13,15,17)/b14-5+. The van der Waals surface area contributed by atoms with Gasteiger partial charge in [0, 0.05) is 17.1 Å². The van der Waals surface area contributed by atoms with Crippen LogP contribution in [-0.4, -0.2) is 25.5 Å². The number of hydrogen-bond acceptors (Lipinski definition) is 3. The minimum Gasteiger partial charge on any atom is -0.495 e. The minimum atomic E-state index is 0.453. The van der Waals surface area contributed by atoms with Gasteiger partial charge in [0.2, 0.25) is 0 Å². The molecule has 0 radical (unpaired) electrons. The molecular weight excluding hydrogens is 370 g/mol. The Balaban J connectivity index is 2.93. The topological polar surface area (TPSA) is 45.7 Å². The lowest BCUT2D eigenvalue weighted by atomic mass is 10.2. The van der Waals surface area contributed by atoms with Crippen LogP contribution in [0.4, 0.5) is 0 Å². The zero-order valence-corrected chi connectivity index (χ0v) is 13.2. The summed E-state index contributed by atoms with van der Waals surface area (Å²) in [6, 6.07) is 3.80. The summed E-state index contributed by atoms with van der Waals surface area (Å²) in [5, 5.41) is 7.22. The predicted molar refractivity (Wildman–Crippen MR) is 80.8 cm³/mol. The molecule has 0 aliphatic carbocycles. The van der Waals surface area contributed by atoms with Crippen LogP contribution in [0.25, 0.3) is 0 Å². The summed E-state index contributed by atoms with van der Waals surface area (Å²) in [5.41, 5.74) is 3.51. The van der Waals surface area contributed by atoms with Gasteiger partial charge in [-0.05, 0) is 40.3 Å². The van der Waals surface area contributed by atoms with E-state index in [1.807, 2.05) is 12.1 Å². The fourth-order valence-corrected chi connectivity index (χ4v) is 2.58. The quantitative estimate of drug-likeness (QED) is 0.480. The number of nitrogens with one attached hydrogen (secondary N) is 2. The molecule has 0 fully saturated rings. The maximum atomic E-state index is 5.28. The number of rotatable bonds is 3. The van der Waals surface area contributed by atoms with Crippen molar-refractivity contribution in [2.45, 2.75) is 0 Å². The van der Waals surface area contributed by atoms with Gasteiger partial charge in [-0.3, -0.25) is 5.43 Å². The highest BCUT2D eigenvalue weighted by Gasteiger charge is 2.07. The van der Waals surface area contributed by atoms with Gasteiger partial charge in [-0.15, -0.1) is 0 Å². The van der Waals surface area contributed by atoms with Gasteiger partial charge in [0.1, 0.15) is 5.75 Å². The van der Waals surface area contributed by atoms with Gasteiger partial charge in [-0.2, -0.15) is 5.10 Å². The van der Waals surface area contributed by atoms with Crippen molar-refractivity contribution in [1.29, 1.82) is 0 Å². The van der Waals surface area contributed by atoms with Gasteiger partial charge < -0.3 is 10.1 Å². The molecule has 0 aliphatic rings. The van der Waals surface area contributed by atoms with Gasteiger partial charge in [-0.1, -0.05) is 15.9 Å². The average Bonchev–Trinajstić information content (AvgIpc) is 2.28. The van der Waals surface area contributed by atoms with Gasteiger partial charge in [0.25, 0.3) is 0 Å². The van der Waals surface area contributed by atoms with E-state index in [9.17, 15) is 0 Å². The van der Waals surface area contributed by atoms with Crippen molar-refractivity contribution in [1.82, 2.24) is 10.7 Å². The lowest BCUT2D eigenvalue weighted by Gasteiger charge is -2.08. The van der Waals surface area contributed by atoms with Crippen LogP contribution in [0.3, 0.4) is 0 Å². The van der Waals surface area contributed by atoms with Crippen LogP contribution in [0.2, 0.25) is 0 Å². The average molecular weight is 381 g/mol. The molecule has 0 amide bonds. The van der Waals surface area contributed by atoms with Crippen molar-refractivity contribution in [3.05, 3.63) is 26.6 Å². The molecule has 0 bridgehead atoms. The lowest BCUT2D eigenvalue weighted by Crippen LogP contribution is -2.28. The first kappa shape index (κ1) is 14.4. The molecule has 0 unspecified atom stereocenters. The Bertz CT molecular complexity index is 451. The van der Waals surface area contributed by atoms with Crippen LogP contribution in [0.15, 0.2) is 26.2 Å². The summed E-state index contributed by atoms with van der Waals surface area (Å²) in [7, 11) is 3.33. The Morgan fingerprint density at radius 1 is 1.47 bits per heavy atom. The van der Waals surface area contributed by atoms with Crippen LogP contribution >= 0.6 is 44.1 Å². The Hall–Kier alpha value is -0.660. The van der Waals surface area contributed by atoms with Crippen molar-refractivity contribution in [3.63, 3.8) is 0 Å². The molecule has 0 saturated heterocycles. The van der Waals surface area contributed by atoms with Crippen LogP contribution in [0.5, 0.6) is 5.75 Å². The number of ether oxygens (including phenoxy) is 1. The molecule has 0 heterocycles. The molecule has 4 nitrogen and oxygen atoms in total. The number of thiocarbonyl (C=S) groups is 1. The normalized spacial score (nSPS) is 10.4. The van der Waals surface area contributed by atoms with Gasteiger partial charge in [0.05, 0.1) is 17.8 Å². The van der Waals surface area contributed by atoms with E-state index in [0.29, 0.717) is 10.9 Å². The maximum Gasteiger partial charge on any atom is 0.186 e. The summed E-state index contributed by atoms with van der Waals surface area (Å²) in [6.07, 6.45) is 1.64. The number of halogens is 2. The number of methoxy groups -OCH3 is 1. The van der Waals surface area contributed by atoms with Crippen LogP contribution in [0, 0.1) is 0 Å². The molecule has 7 heteroatoms. The highest BCUT2D eigenvalue weighted by atomic mass is 79.9. The van der Waals surface area contributed by atoms with Crippen molar-refractivity contribution in [2.75, 3.05) is 14.2 Å². The van der Waals surface area contributed by atoms with E-state index in [-0.39, 0.29) is 0 Å². The maximum absolute atomic E-state index is 5.28. The zero-order chi connectivity index (χ0) is 12.8. The smallest absolute Gasteiger partial charge is 0.186 e. The van der Waals surface area contributed by atoms with E-state index in [0.717, 1.165) is 14.5 Å². The molecular formula is C10H11Br2N3OS. The summed E-state index contributed by atoms with van der Waals surface area (Å²) >= 11 is 11.7. The second-order valence-corrected chi connectivity index (χ2v) is 5.14. The Kier molecular flexibility index (Phi) is 5.87. The van der Waals surface area contributed by atoms with Gasteiger partial charge >= 0.3 is 0 Å². The van der Waals surface area contributed by atoms with Crippen molar-refractivity contribution < 1.29 is 4.74 Å². The first-order chi connectivity index (χ1) is 8.08. The van der Waals surface area contributed by atoms with E-state index >= 15 is 0 Å². The molecule has 0 saturated carbocycles. The Morgan fingerprint density at radius 3 is 2.76 bits per heavy atom. The molecule has 0 spiro atoms. The summed E-state index contributed by atoms with van der Waals surface area (Å²) in [6.45, 7) is 0. The number of benzene rings is 1. The van der Waals surface area contributed by atoms with Gasteiger partial charge in [0.15, 0.2) is 5.11 Å². The van der Waals surface area contributed by atoms with Gasteiger partial charge in [-0.25, -0.2) is 0 Å². The van der Waals surface area contributed by atoms with Crippen LogP contribution < -0.4 is 15.5 Å². The molecule has 1 aromatic rings. The van der Waals surface area contributed by atoms with Crippen molar-refractivity contribution in [2.24, 2.45) is 5.10 Å². The van der Waals surface area contributed by atoms with Crippen LogP contribution in [-0.2, 0) is 0 Å².